The molecule has 0 aliphatic heterocycles. The summed E-state index contributed by atoms with van der Waals surface area (Å²) in [7, 11) is 2.42. The van der Waals surface area contributed by atoms with E-state index in [1.807, 2.05) is 0 Å². The summed E-state index contributed by atoms with van der Waals surface area (Å²) in [6.45, 7) is -0.612. The molecule has 0 heterocycles. The third kappa shape index (κ3) is 5.52. The highest BCUT2D eigenvalue weighted by atomic mass is 16.5. The molecule has 1 aromatic rings. The zero-order valence-corrected chi connectivity index (χ0v) is 12.0. The van der Waals surface area contributed by atoms with E-state index in [1.165, 1.54) is 14.2 Å². The van der Waals surface area contributed by atoms with Crippen LogP contribution in [0.5, 0.6) is 0 Å². The van der Waals surface area contributed by atoms with E-state index in [4.69, 9.17) is 5.73 Å². The van der Waals surface area contributed by atoms with Gasteiger partial charge in [-0.05, 0) is 17.7 Å². The minimum atomic E-state index is -0.607. The molecule has 0 unspecified atom stereocenters. The van der Waals surface area contributed by atoms with Gasteiger partial charge >= 0.3 is 11.9 Å². The zero-order valence-electron chi connectivity index (χ0n) is 12.0. The first-order valence-corrected chi connectivity index (χ1v) is 6.22. The number of hydrogen-bond donors (Lipinski definition) is 1. The number of anilines is 1. The van der Waals surface area contributed by atoms with Gasteiger partial charge in [-0.25, -0.2) is 0 Å². The highest BCUT2D eigenvalue weighted by Gasteiger charge is 2.21. The molecular formula is C14H18N2O5. The second-order valence-corrected chi connectivity index (χ2v) is 4.32. The van der Waals surface area contributed by atoms with Crippen LogP contribution in [0.3, 0.4) is 0 Å². The molecule has 0 fully saturated rings. The van der Waals surface area contributed by atoms with E-state index in [9.17, 15) is 14.4 Å². The van der Waals surface area contributed by atoms with Gasteiger partial charge in [0.25, 0.3) is 0 Å². The van der Waals surface area contributed by atoms with Gasteiger partial charge in [-0.1, -0.05) is 12.1 Å². The number of esters is 2. The lowest BCUT2D eigenvalue weighted by molar-refractivity contribution is -0.151. The molecule has 1 rings (SSSR count). The highest BCUT2D eigenvalue weighted by Crippen LogP contribution is 2.08. The first kappa shape index (κ1) is 16.5. The van der Waals surface area contributed by atoms with Crippen LogP contribution in [0.15, 0.2) is 24.3 Å². The minimum absolute atomic E-state index is 0.0499. The van der Waals surface area contributed by atoms with Crippen LogP contribution in [-0.4, -0.2) is 50.1 Å². The molecule has 0 radical (unpaired) electrons. The maximum Gasteiger partial charge on any atom is 0.325 e. The largest absolute Gasteiger partial charge is 0.468 e. The zero-order chi connectivity index (χ0) is 15.8. The van der Waals surface area contributed by atoms with Crippen molar-refractivity contribution in [2.75, 3.05) is 33.0 Å². The van der Waals surface area contributed by atoms with E-state index in [-0.39, 0.29) is 25.4 Å². The van der Waals surface area contributed by atoms with Gasteiger partial charge in [0, 0.05) is 5.69 Å². The molecule has 0 bridgehead atoms. The SMILES string of the molecule is COC(=O)CN(CC(=O)OC)C(=O)Cc1ccc(N)cc1. The lowest BCUT2D eigenvalue weighted by Gasteiger charge is -2.20. The summed E-state index contributed by atoms with van der Waals surface area (Å²) in [6.07, 6.45) is 0.0499. The summed E-state index contributed by atoms with van der Waals surface area (Å²) in [5, 5.41) is 0. The number of ether oxygens (including phenoxy) is 2. The molecule has 0 aliphatic rings. The highest BCUT2D eigenvalue weighted by molar-refractivity contribution is 5.87. The summed E-state index contributed by atoms with van der Waals surface area (Å²) < 4.78 is 9.02. The number of nitrogens with zero attached hydrogens (tertiary/aromatic N) is 1. The van der Waals surface area contributed by atoms with Crippen LogP contribution in [0.2, 0.25) is 0 Å². The van der Waals surface area contributed by atoms with Crippen molar-refractivity contribution in [3.05, 3.63) is 29.8 Å². The average molecular weight is 294 g/mol. The lowest BCUT2D eigenvalue weighted by atomic mass is 10.1. The van der Waals surface area contributed by atoms with Gasteiger partial charge in [0.2, 0.25) is 5.91 Å². The number of nitrogens with two attached hydrogens (primary N) is 1. The third-order valence-corrected chi connectivity index (χ3v) is 2.78. The van der Waals surface area contributed by atoms with Crippen molar-refractivity contribution in [2.45, 2.75) is 6.42 Å². The van der Waals surface area contributed by atoms with Gasteiger partial charge in [0.15, 0.2) is 0 Å². The summed E-state index contributed by atoms with van der Waals surface area (Å²) in [4.78, 5) is 35.9. The molecule has 1 aromatic carbocycles. The molecule has 0 saturated heterocycles. The van der Waals surface area contributed by atoms with Gasteiger partial charge in [-0.3, -0.25) is 14.4 Å². The Morgan fingerprint density at radius 3 is 1.90 bits per heavy atom. The molecule has 0 saturated carbocycles. The number of rotatable bonds is 6. The van der Waals surface area contributed by atoms with Gasteiger partial charge < -0.3 is 20.1 Å². The average Bonchev–Trinajstić information content (AvgIpc) is 2.48. The summed E-state index contributed by atoms with van der Waals surface area (Å²) in [5.41, 5.74) is 6.89. The van der Waals surface area contributed by atoms with Crippen molar-refractivity contribution in [1.29, 1.82) is 0 Å². The normalized spacial score (nSPS) is 9.81. The Morgan fingerprint density at radius 1 is 1.00 bits per heavy atom. The number of amides is 1. The van der Waals surface area contributed by atoms with Crippen LogP contribution in [0.1, 0.15) is 5.56 Å². The Morgan fingerprint density at radius 2 is 1.48 bits per heavy atom. The smallest absolute Gasteiger partial charge is 0.325 e. The fraction of sp³-hybridized carbons (Fsp3) is 0.357. The van der Waals surface area contributed by atoms with Crippen molar-refractivity contribution in [2.24, 2.45) is 0 Å². The number of nitrogen functional groups attached to an aromatic ring is 1. The Bertz CT molecular complexity index is 495. The van der Waals surface area contributed by atoms with Crippen LogP contribution in [-0.2, 0) is 30.3 Å². The Kier molecular flexibility index (Phi) is 6.19. The van der Waals surface area contributed by atoms with Crippen LogP contribution in [0, 0.1) is 0 Å². The molecule has 1 amide bonds. The topological polar surface area (TPSA) is 98.9 Å². The monoisotopic (exact) mass is 294 g/mol. The van der Waals surface area contributed by atoms with Crippen LogP contribution in [0.25, 0.3) is 0 Å². The van der Waals surface area contributed by atoms with Crippen LogP contribution >= 0.6 is 0 Å². The van der Waals surface area contributed by atoms with Crippen molar-refractivity contribution in [3.63, 3.8) is 0 Å². The molecule has 0 aliphatic carbocycles. The number of carbonyl (C=O) groups excluding carboxylic acids is 3. The van der Waals surface area contributed by atoms with Crippen LogP contribution < -0.4 is 5.73 Å². The standard InChI is InChI=1S/C14H18N2O5/c1-20-13(18)8-16(9-14(19)21-2)12(17)7-10-3-5-11(15)6-4-10/h3-6H,7-9,15H2,1-2H3. The lowest BCUT2D eigenvalue weighted by Crippen LogP contribution is -2.41. The second kappa shape index (κ2) is 7.88. The summed E-state index contributed by atoms with van der Waals surface area (Å²) in [6, 6.07) is 6.77. The molecule has 0 aromatic heterocycles. The molecule has 21 heavy (non-hydrogen) atoms. The van der Waals surface area contributed by atoms with Crippen LogP contribution in [0.4, 0.5) is 5.69 Å². The van der Waals surface area contributed by atoms with Crippen molar-refractivity contribution >= 4 is 23.5 Å². The van der Waals surface area contributed by atoms with Gasteiger partial charge in [0.05, 0.1) is 20.6 Å². The molecule has 7 heteroatoms. The van der Waals surface area contributed by atoms with Crippen molar-refractivity contribution < 1.29 is 23.9 Å². The Balaban J connectivity index is 2.75. The molecule has 0 atom stereocenters. The van der Waals surface area contributed by atoms with E-state index in [0.717, 1.165) is 10.5 Å². The number of hydrogen-bond acceptors (Lipinski definition) is 6. The minimum Gasteiger partial charge on any atom is -0.468 e. The predicted molar refractivity (Wildman–Crippen MR) is 75.2 cm³/mol. The van der Waals surface area contributed by atoms with Gasteiger partial charge in [-0.2, -0.15) is 0 Å². The Labute approximate surface area is 122 Å². The predicted octanol–water partition coefficient (Wildman–Crippen LogP) is -0.0141. The molecule has 114 valence electrons. The number of carbonyl (C=O) groups is 3. The maximum absolute atomic E-state index is 12.2. The summed E-state index contributed by atoms with van der Waals surface area (Å²) >= 11 is 0. The van der Waals surface area contributed by atoms with E-state index in [2.05, 4.69) is 9.47 Å². The second-order valence-electron chi connectivity index (χ2n) is 4.32. The number of benzene rings is 1. The van der Waals surface area contributed by atoms with Gasteiger partial charge in [-0.15, -0.1) is 0 Å². The van der Waals surface area contributed by atoms with E-state index >= 15 is 0 Å². The Hall–Kier alpha value is -2.57. The maximum atomic E-state index is 12.2. The summed E-state index contributed by atoms with van der Waals surface area (Å²) in [5.74, 6) is -1.59. The fourth-order valence-electron chi connectivity index (χ4n) is 1.59. The first-order chi connectivity index (χ1) is 9.96. The fourth-order valence-corrected chi connectivity index (χ4v) is 1.59. The molecule has 2 N–H and O–H groups in total. The third-order valence-electron chi connectivity index (χ3n) is 2.78. The first-order valence-electron chi connectivity index (χ1n) is 6.22. The molecular weight excluding hydrogens is 276 g/mol. The van der Waals surface area contributed by atoms with Gasteiger partial charge in [0.1, 0.15) is 13.1 Å². The number of methoxy groups -OCH3 is 2. The van der Waals surface area contributed by atoms with E-state index < -0.39 is 11.9 Å². The van der Waals surface area contributed by atoms with Crippen molar-refractivity contribution in [1.82, 2.24) is 4.90 Å². The molecule has 7 nitrogen and oxygen atoms in total. The molecule has 0 spiro atoms. The van der Waals surface area contributed by atoms with Crippen molar-refractivity contribution in [3.8, 4) is 0 Å². The van der Waals surface area contributed by atoms with E-state index in [0.29, 0.717) is 5.69 Å². The quantitative estimate of drug-likeness (QED) is 0.585. The van der Waals surface area contributed by atoms with E-state index in [1.54, 1.807) is 24.3 Å².